The van der Waals surface area contributed by atoms with Crippen LogP contribution >= 0.6 is 0 Å². The number of halogens is 1. The number of hydrogen-bond donors (Lipinski definition) is 1. The van der Waals surface area contributed by atoms with Crippen molar-refractivity contribution in [2.75, 3.05) is 11.4 Å². The highest BCUT2D eigenvalue weighted by molar-refractivity contribution is 5.96. The third-order valence-corrected chi connectivity index (χ3v) is 4.13. The molecule has 0 unspecified atom stereocenters. The summed E-state index contributed by atoms with van der Waals surface area (Å²) in [6, 6.07) is 13.9. The van der Waals surface area contributed by atoms with Crippen molar-refractivity contribution < 1.29 is 14.0 Å². The zero-order valence-corrected chi connectivity index (χ0v) is 12.5. The van der Waals surface area contributed by atoms with Gasteiger partial charge in [0.25, 0.3) is 5.91 Å². The average Bonchev–Trinajstić information content (AvgIpc) is 2.88. The summed E-state index contributed by atoms with van der Waals surface area (Å²) in [5.41, 5.74) is 6.62. The molecule has 2 aromatic carbocycles. The van der Waals surface area contributed by atoms with Gasteiger partial charge in [-0.25, -0.2) is 4.39 Å². The standard InChI is InChI=1S/C18H17FN2O2/c19-15-8-4-5-13(17(15)18(20)23)9-12-10-16(22)21(11-12)14-6-2-1-3-7-14/h1-8,12H,9-11H2,(H2,20,23)/t12-/m1/s1. The number of para-hydroxylation sites is 1. The summed E-state index contributed by atoms with van der Waals surface area (Å²) in [4.78, 5) is 25.4. The van der Waals surface area contributed by atoms with Crippen LogP contribution in [0, 0.1) is 11.7 Å². The van der Waals surface area contributed by atoms with Gasteiger partial charge in [0.1, 0.15) is 5.82 Å². The van der Waals surface area contributed by atoms with Crippen LogP contribution in [-0.4, -0.2) is 18.4 Å². The first-order chi connectivity index (χ1) is 11.1. The molecule has 0 aromatic heterocycles. The van der Waals surface area contributed by atoms with E-state index >= 15 is 0 Å². The molecule has 2 N–H and O–H groups in total. The van der Waals surface area contributed by atoms with Crippen molar-refractivity contribution in [1.82, 2.24) is 0 Å². The minimum absolute atomic E-state index is 0.0302. The van der Waals surface area contributed by atoms with Crippen molar-refractivity contribution >= 4 is 17.5 Å². The van der Waals surface area contributed by atoms with E-state index < -0.39 is 11.7 Å². The average molecular weight is 312 g/mol. The van der Waals surface area contributed by atoms with Crippen LogP contribution in [0.3, 0.4) is 0 Å². The molecule has 2 aromatic rings. The van der Waals surface area contributed by atoms with Gasteiger partial charge in [-0.15, -0.1) is 0 Å². The summed E-state index contributed by atoms with van der Waals surface area (Å²) in [5, 5.41) is 0. The summed E-state index contributed by atoms with van der Waals surface area (Å²) in [6.07, 6.45) is 0.828. The number of hydrogen-bond acceptors (Lipinski definition) is 2. The molecule has 0 bridgehead atoms. The maximum Gasteiger partial charge on any atom is 0.251 e. The SMILES string of the molecule is NC(=O)c1c(F)cccc1C[C@@H]1CC(=O)N(c2ccccc2)C1. The fourth-order valence-electron chi connectivity index (χ4n) is 3.10. The maximum atomic E-state index is 13.8. The molecule has 1 fully saturated rings. The molecule has 2 amide bonds. The minimum Gasteiger partial charge on any atom is -0.365 e. The Hall–Kier alpha value is -2.69. The third-order valence-electron chi connectivity index (χ3n) is 4.13. The predicted molar refractivity (Wildman–Crippen MR) is 85.5 cm³/mol. The molecule has 0 spiro atoms. The molecule has 0 saturated carbocycles. The Morgan fingerprint density at radius 3 is 2.61 bits per heavy atom. The van der Waals surface area contributed by atoms with E-state index in [0.717, 1.165) is 5.69 Å². The number of anilines is 1. The van der Waals surface area contributed by atoms with Gasteiger partial charge in [-0.2, -0.15) is 0 Å². The Morgan fingerprint density at radius 2 is 1.91 bits per heavy atom. The smallest absolute Gasteiger partial charge is 0.251 e. The van der Waals surface area contributed by atoms with E-state index in [4.69, 9.17) is 5.73 Å². The van der Waals surface area contributed by atoms with Crippen molar-refractivity contribution in [1.29, 1.82) is 0 Å². The van der Waals surface area contributed by atoms with Crippen LogP contribution in [0.1, 0.15) is 22.3 Å². The number of nitrogens with zero attached hydrogens (tertiary/aromatic N) is 1. The Balaban J connectivity index is 1.80. The molecule has 1 aliphatic heterocycles. The molecule has 4 nitrogen and oxygen atoms in total. The van der Waals surface area contributed by atoms with Gasteiger partial charge in [-0.05, 0) is 36.1 Å². The minimum atomic E-state index is -0.776. The Kier molecular flexibility index (Phi) is 4.10. The zero-order chi connectivity index (χ0) is 16.4. The van der Waals surface area contributed by atoms with E-state index in [2.05, 4.69) is 0 Å². The van der Waals surface area contributed by atoms with Gasteiger partial charge >= 0.3 is 0 Å². The second-order valence-electron chi connectivity index (χ2n) is 5.75. The van der Waals surface area contributed by atoms with Crippen molar-refractivity contribution in [2.24, 2.45) is 11.7 Å². The highest BCUT2D eigenvalue weighted by atomic mass is 19.1. The van der Waals surface area contributed by atoms with Gasteiger partial charge < -0.3 is 10.6 Å². The van der Waals surface area contributed by atoms with Crippen LogP contribution in [-0.2, 0) is 11.2 Å². The quantitative estimate of drug-likeness (QED) is 0.943. The molecule has 1 saturated heterocycles. The number of rotatable bonds is 4. The summed E-state index contributed by atoms with van der Waals surface area (Å²) in [6.45, 7) is 0.553. The van der Waals surface area contributed by atoms with Crippen LogP contribution in [0.25, 0.3) is 0 Å². The van der Waals surface area contributed by atoms with E-state index in [9.17, 15) is 14.0 Å². The molecule has 0 radical (unpaired) electrons. The van der Waals surface area contributed by atoms with E-state index in [1.54, 1.807) is 17.0 Å². The predicted octanol–water partition coefficient (Wildman–Crippen LogP) is 2.52. The lowest BCUT2D eigenvalue weighted by molar-refractivity contribution is -0.117. The van der Waals surface area contributed by atoms with Gasteiger partial charge in [-0.3, -0.25) is 9.59 Å². The first kappa shape index (κ1) is 15.2. The summed E-state index contributed by atoms with van der Waals surface area (Å²) in [7, 11) is 0. The second-order valence-corrected chi connectivity index (χ2v) is 5.75. The summed E-state index contributed by atoms with van der Waals surface area (Å²) >= 11 is 0. The second kappa shape index (κ2) is 6.20. The maximum absolute atomic E-state index is 13.8. The van der Waals surface area contributed by atoms with Crippen LogP contribution < -0.4 is 10.6 Å². The number of benzene rings is 2. The number of nitrogens with two attached hydrogens (primary N) is 1. The molecule has 3 rings (SSSR count). The molecule has 23 heavy (non-hydrogen) atoms. The van der Waals surface area contributed by atoms with Gasteiger partial charge in [0, 0.05) is 18.7 Å². The van der Waals surface area contributed by atoms with Crippen molar-refractivity contribution in [3.8, 4) is 0 Å². The lowest BCUT2D eigenvalue weighted by atomic mass is 9.94. The highest BCUT2D eigenvalue weighted by Crippen LogP contribution is 2.28. The first-order valence-electron chi connectivity index (χ1n) is 7.49. The van der Waals surface area contributed by atoms with Crippen LogP contribution in [0.4, 0.5) is 10.1 Å². The molecular formula is C18H17FN2O2. The molecule has 118 valence electrons. The van der Waals surface area contributed by atoms with Gasteiger partial charge in [0.15, 0.2) is 0 Å². The van der Waals surface area contributed by atoms with Crippen molar-refractivity contribution in [3.05, 3.63) is 65.5 Å². The monoisotopic (exact) mass is 312 g/mol. The van der Waals surface area contributed by atoms with Gasteiger partial charge in [-0.1, -0.05) is 30.3 Å². The highest BCUT2D eigenvalue weighted by Gasteiger charge is 2.31. The molecule has 1 aliphatic rings. The Morgan fingerprint density at radius 1 is 1.17 bits per heavy atom. The molecular weight excluding hydrogens is 295 g/mol. The summed E-state index contributed by atoms with van der Waals surface area (Å²) < 4.78 is 13.8. The van der Waals surface area contributed by atoms with Crippen molar-refractivity contribution in [3.63, 3.8) is 0 Å². The van der Waals surface area contributed by atoms with Gasteiger partial charge in [0.2, 0.25) is 5.91 Å². The Labute approximate surface area is 133 Å². The van der Waals surface area contributed by atoms with Gasteiger partial charge in [0.05, 0.1) is 5.56 Å². The first-order valence-corrected chi connectivity index (χ1v) is 7.49. The lowest BCUT2D eigenvalue weighted by Gasteiger charge is -2.17. The number of carbonyl (C=O) groups excluding carboxylic acids is 2. The fraction of sp³-hybridized carbons (Fsp3) is 0.222. The van der Waals surface area contributed by atoms with E-state index in [0.29, 0.717) is 24.9 Å². The third kappa shape index (κ3) is 3.08. The number of carbonyl (C=O) groups is 2. The largest absolute Gasteiger partial charge is 0.365 e. The summed E-state index contributed by atoms with van der Waals surface area (Å²) in [5.74, 6) is -1.32. The van der Waals surface area contributed by atoms with Crippen LogP contribution in [0.5, 0.6) is 0 Å². The van der Waals surface area contributed by atoms with Crippen molar-refractivity contribution in [2.45, 2.75) is 12.8 Å². The fourth-order valence-corrected chi connectivity index (χ4v) is 3.10. The van der Waals surface area contributed by atoms with Crippen LogP contribution in [0.15, 0.2) is 48.5 Å². The van der Waals surface area contributed by atoms with E-state index in [1.807, 2.05) is 30.3 Å². The molecule has 5 heteroatoms. The molecule has 1 heterocycles. The zero-order valence-electron chi connectivity index (χ0n) is 12.5. The number of primary amides is 1. The lowest BCUT2D eigenvalue weighted by Crippen LogP contribution is -2.24. The molecule has 0 aliphatic carbocycles. The van der Waals surface area contributed by atoms with Crippen LogP contribution in [0.2, 0.25) is 0 Å². The number of amides is 2. The molecule has 1 atom stereocenters. The normalized spacial score (nSPS) is 17.5. The van der Waals surface area contributed by atoms with E-state index in [1.165, 1.54) is 6.07 Å². The Bertz CT molecular complexity index is 746. The van der Waals surface area contributed by atoms with E-state index in [-0.39, 0.29) is 17.4 Å². The topological polar surface area (TPSA) is 63.4 Å².